The first-order chi connectivity index (χ1) is 10.7. The fraction of sp³-hybridized carbons (Fsp3) is 0.533. The molecule has 0 radical (unpaired) electrons. The van der Waals surface area contributed by atoms with E-state index >= 15 is 0 Å². The van der Waals surface area contributed by atoms with E-state index in [1.54, 1.807) is 6.07 Å². The Kier molecular flexibility index (Phi) is 4.65. The highest BCUT2D eigenvalue weighted by Gasteiger charge is 2.21. The third kappa shape index (κ3) is 3.80. The van der Waals surface area contributed by atoms with Crippen molar-refractivity contribution in [2.24, 2.45) is 7.05 Å². The summed E-state index contributed by atoms with van der Waals surface area (Å²) < 4.78 is 7.74. The van der Waals surface area contributed by atoms with Crippen molar-refractivity contribution in [1.82, 2.24) is 24.6 Å². The number of hydrogen-bond donors (Lipinski definition) is 1. The van der Waals surface area contributed by atoms with E-state index in [1.165, 1.54) is 12.0 Å². The summed E-state index contributed by atoms with van der Waals surface area (Å²) in [6, 6.07) is 3.60. The maximum absolute atomic E-state index is 11.3. The molecule has 0 spiro atoms. The number of hydrogen-bond acceptors (Lipinski definition) is 5. The largest absolute Gasteiger partial charge is 0.376 e. The van der Waals surface area contributed by atoms with Crippen LogP contribution in [0.1, 0.15) is 17.8 Å². The molecule has 1 atom stereocenters. The third-order valence-corrected chi connectivity index (χ3v) is 3.99. The van der Waals surface area contributed by atoms with Crippen molar-refractivity contribution >= 4 is 0 Å². The smallest absolute Gasteiger partial charge is 0.250 e. The molecule has 1 fully saturated rings. The maximum Gasteiger partial charge on any atom is 0.250 e. The van der Waals surface area contributed by atoms with Crippen molar-refractivity contribution < 1.29 is 4.74 Å². The fourth-order valence-electron chi connectivity index (χ4n) is 2.74. The van der Waals surface area contributed by atoms with Crippen LogP contribution >= 0.6 is 0 Å². The Morgan fingerprint density at radius 3 is 3.18 bits per heavy atom. The Hall–Kier alpha value is -1.99. The number of nitrogens with zero attached hydrogens (tertiary/aromatic N) is 4. The monoisotopic (exact) mass is 303 g/mol. The molecule has 2 aromatic heterocycles. The van der Waals surface area contributed by atoms with Crippen LogP contribution in [0.4, 0.5) is 0 Å². The molecule has 0 amide bonds. The predicted molar refractivity (Wildman–Crippen MR) is 81.4 cm³/mol. The summed E-state index contributed by atoms with van der Waals surface area (Å²) >= 11 is 0. The average Bonchev–Trinajstić information content (AvgIpc) is 2.91. The summed E-state index contributed by atoms with van der Waals surface area (Å²) in [7, 11) is 1.96. The van der Waals surface area contributed by atoms with Gasteiger partial charge in [-0.15, -0.1) is 0 Å². The zero-order valence-corrected chi connectivity index (χ0v) is 12.7. The molecule has 1 saturated heterocycles. The van der Waals surface area contributed by atoms with Gasteiger partial charge in [0.15, 0.2) is 0 Å². The summed E-state index contributed by atoms with van der Waals surface area (Å²) in [5.41, 5.74) is 1.92. The fourth-order valence-corrected chi connectivity index (χ4v) is 2.74. The molecule has 0 aliphatic carbocycles. The highest BCUT2D eigenvalue weighted by Crippen LogP contribution is 2.13. The predicted octanol–water partition coefficient (Wildman–Crippen LogP) is 0.337. The van der Waals surface area contributed by atoms with E-state index in [-0.39, 0.29) is 11.7 Å². The normalized spacial score (nSPS) is 19.4. The van der Waals surface area contributed by atoms with Gasteiger partial charge in [-0.25, -0.2) is 4.98 Å². The molecule has 2 aromatic rings. The van der Waals surface area contributed by atoms with Crippen molar-refractivity contribution in [1.29, 1.82) is 0 Å². The zero-order valence-electron chi connectivity index (χ0n) is 12.7. The molecule has 118 valence electrons. The first-order valence-electron chi connectivity index (χ1n) is 7.55. The number of aromatic nitrogens is 4. The van der Waals surface area contributed by atoms with Crippen LogP contribution in [-0.2, 0) is 24.8 Å². The first-order valence-corrected chi connectivity index (χ1v) is 7.55. The SMILES string of the molecule is Cn1nccc1CN1CCO[C@H](CCc2cc(=O)[nH]cn2)C1. The number of rotatable bonds is 5. The van der Waals surface area contributed by atoms with Crippen molar-refractivity contribution in [3.8, 4) is 0 Å². The average molecular weight is 303 g/mol. The molecule has 0 bridgehead atoms. The Balaban J connectivity index is 1.52. The Morgan fingerprint density at radius 2 is 2.41 bits per heavy atom. The van der Waals surface area contributed by atoms with E-state index in [2.05, 4.69) is 20.0 Å². The van der Waals surface area contributed by atoms with E-state index in [0.717, 1.165) is 44.8 Å². The lowest BCUT2D eigenvalue weighted by molar-refractivity contribution is -0.0353. The van der Waals surface area contributed by atoms with Crippen LogP contribution in [0.25, 0.3) is 0 Å². The molecule has 1 aliphatic heterocycles. The molecule has 1 aliphatic rings. The standard InChI is InChI=1S/C15H21N5O2/c1-19-13(4-5-18-19)9-20-6-7-22-14(10-20)3-2-12-8-15(21)17-11-16-12/h4-5,8,11,14H,2-3,6-7,9-10H2,1H3,(H,16,17,21)/t14-/m1/s1. The van der Waals surface area contributed by atoms with Gasteiger partial charge in [0.05, 0.1) is 24.7 Å². The quantitative estimate of drug-likeness (QED) is 0.862. The van der Waals surface area contributed by atoms with Crippen LogP contribution in [0.5, 0.6) is 0 Å². The molecular weight excluding hydrogens is 282 g/mol. The summed E-state index contributed by atoms with van der Waals surface area (Å²) in [5.74, 6) is 0. The topological polar surface area (TPSA) is 76.0 Å². The van der Waals surface area contributed by atoms with E-state index in [4.69, 9.17) is 4.74 Å². The van der Waals surface area contributed by atoms with Crippen LogP contribution in [-0.4, -0.2) is 50.4 Å². The van der Waals surface area contributed by atoms with Crippen LogP contribution < -0.4 is 5.56 Å². The van der Waals surface area contributed by atoms with E-state index in [1.807, 2.05) is 24.0 Å². The number of aromatic amines is 1. The van der Waals surface area contributed by atoms with Gasteiger partial charge in [-0.3, -0.25) is 14.4 Å². The van der Waals surface area contributed by atoms with Crippen molar-refractivity contribution in [2.45, 2.75) is 25.5 Å². The number of aryl methyl sites for hydroxylation is 2. The van der Waals surface area contributed by atoms with Gasteiger partial charge in [-0.05, 0) is 18.9 Å². The van der Waals surface area contributed by atoms with Gasteiger partial charge in [0.2, 0.25) is 0 Å². The van der Waals surface area contributed by atoms with Gasteiger partial charge in [0.1, 0.15) is 0 Å². The second-order valence-corrected chi connectivity index (χ2v) is 5.62. The lowest BCUT2D eigenvalue weighted by Gasteiger charge is -2.32. The summed E-state index contributed by atoms with van der Waals surface area (Å²) in [6.45, 7) is 3.46. The molecule has 3 heterocycles. The molecule has 3 rings (SSSR count). The molecule has 0 unspecified atom stereocenters. The summed E-state index contributed by atoms with van der Waals surface area (Å²) in [6.07, 6.45) is 5.09. The second kappa shape index (κ2) is 6.85. The number of ether oxygens (including phenoxy) is 1. The molecule has 7 nitrogen and oxygen atoms in total. The molecule has 1 N–H and O–H groups in total. The maximum atomic E-state index is 11.3. The van der Waals surface area contributed by atoms with Crippen molar-refractivity contribution in [3.05, 3.63) is 46.4 Å². The van der Waals surface area contributed by atoms with Gasteiger partial charge < -0.3 is 9.72 Å². The highest BCUT2D eigenvalue weighted by molar-refractivity contribution is 5.01. The highest BCUT2D eigenvalue weighted by atomic mass is 16.5. The number of nitrogens with one attached hydrogen (secondary N) is 1. The Bertz CT molecular complexity index is 666. The first kappa shape index (κ1) is 14.9. The molecular formula is C15H21N5O2. The van der Waals surface area contributed by atoms with Crippen LogP contribution in [0.2, 0.25) is 0 Å². The summed E-state index contributed by atoms with van der Waals surface area (Å²) in [4.78, 5) is 20.4. The summed E-state index contributed by atoms with van der Waals surface area (Å²) in [5, 5.41) is 4.20. The van der Waals surface area contributed by atoms with Crippen LogP contribution in [0, 0.1) is 0 Å². The number of H-pyrrole nitrogens is 1. The van der Waals surface area contributed by atoms with Crippen LogP contribution in [0.3, 0.4) is 0 Å². The van der Waals surface area contributed by atoms with E-state index in [0.29, 0.717) is 0 Å². The minimum atomic E-state index is -0.104. The zero-order chi connectivity index (χ0) is 15.4. The number of morpholine rings is 1. The third-order valence-electron chi connectivity index (χ3n) is 3.99. The minimum absolute atomic E-state index is 0.104. The molecule has 22 heavy (non-hydrogen) atoms. The molecule has 0 saturated carbocycles. The lowest BCUT2D eigenvalue weighted by atomic mass is 10.1. The van der Waals surface area contributed by atoms with Gasteiger partial charge in [-0.2, -0.15) is 5.10 Å². The lowest BCUT2D eigenvalue weighted by Crippen LogP contribution is -2.42. The Labute approximate surface area is 128 Å². The van der Waals surface area contributed by atoms with Crippen molar-refractivity contribution in [2.75, 3.05) is 19.7 Å². The van der Waals surface area contributed by atoms with Gasteiger partial charge >= 0.3 is 0 Å². The van der Waals surface area contributed by atoms with Crippen LogP contribution in [0.15, 0.2) is 29.5 Å². The van der Waals surface area contributed by atoms with E-state index in [9.17, 15) is 4.79 Å². The van der Waals surface area contributed by atoms with Gasteiger partial charge in [0.25, 0.3) is 5.56 Å². The molecule has 0 aromatic carbocycles. The van der Waals surface area contributed by atoms with Gasteiger partial charge in [-0.1, -0.05) is 0 Å². The Morgan fingerprint density at radius 1 is 1.50 bits per heavy atom. The molecule has 7 heteroatoms. The van der Waals surface area contributed by atoms with Crippen molar-refractivity contribution in [3.63, 3.8) is 0 Å². The second-order valence-electron chi connectivity index (χ2n) is 5.62. The van der Waals surface area contributed by atoms with Gasteiger partial charge in [0, 0.05) is 44.6 Å². The minimum Gasteiger partial charge on any atom is -0.376 e. The van der Waals surface area contributed by atoms with E-state index < -0.39 is 0 Å².